The second kappa shape index (κ2) is 9.17. The van der Waals surface area contributed by atoms with Crippen molar-refractivity contribution in [3.05, 3.63) is 35.9 Å². The van der Waals surface area contributed by atoms with Gasteiger partial charge < -0.3 is 14.4 Å². The summed E-state index contributed by atoms with van der Waals surface area (Å²) in [6.07, 6.45) is -0.759. The quantitative estimate of drug-likeness (QED) is 0.543. The number of rotatable bonds is 8. The average Bonchev–Trinajstić information content (AvgIpc) is 2.56. The molecule has 0 heterocycles. The lowest BCUT2D eigenvalue weighted by molar-refractivity contribution is -0.134. The van der Waals surface area contributed by atoms with Crippen LogP contribution < -0.4 is 0 Å². The molecular formula is C19H32ClNO3Si. The number of carbonyl (C=O) groups is 1. The number of aliphatic hydroxyl groups is 1. The van der Waals surface area contributed by atoms with Crippen LogP contribution in [0.25, 0.3) is 0 Å². The van der Waals surface area contributed by atoms with Gasteiger partial charge in [-0.1, -0.05) is 51.1 Å². The van der Waals surface area contributed by atoms with Crippen molar-refractivity contribution in [3.63, 3.8) is 0 Å². The SMILES string of the molecule is C[C@@H]([C@H](O)CO[Si](C)(C)C(C)(C)C)N(Cc1ccccc1)C(=O)CCl. The van der Waals surface area contributed by atoms with Gasteiger partial charge >= 0.3 is 0 Å². The van der Waals surface area contributed by atoms with Crippen LogP contribution in [0, 0.1) is 0 Å². The van der Waals surface area contributed by atoms with Crippen LogP contribution in [0.1, 0.15) is 33.3 Å². The van der Waals surface area contributed by atoms with Gasteiger partial charge in [-0.25, -0.2) is 0 Å². The van der Waals surface area contributed by atoms with Crippen LogP contribution in [0.4, 0.5) is 0 Å². The van der Waals surface area contributed by atoms with E-state index >= 15 is 0 Å². The molecule has 4 nitrogen and oxygen atoms in total. The van der Waals surface area contributed by atoms with Crippen molar-refractivity contribution in [2.75, 3.05) is 12.5 Å². The number of aliphatic hydroxyl groups excluding tert-OH is 1. The third-order valence-electron chi connectivity index (χ3n) is 5.10. The molecule has 0 aromatic heterocycles. The van der Waals surface area contributed by atoms with Gasteiger partial charge in [0, 0.05) is 6.54 Å². The Balaban J connectivity index is 2.79. The molecule has 0 saturated heterocycles. The lowest BCUT2D eigenvalue weighted by Crippen LogP contribution is -2.49. The fourth-order valence-corrected chi connectivity index (χ4v) is 3.35. The topological polar surface area (TPSA) is 49.8 Å². The molecule has 0 fully saturated rings. The molecule has 1 rings (SSSR count). The molecule has 0 saturated carbocycles. The summed E-state index contributed by atoms with van der Waals surface area (Å²) >= 11 is 5.77. The second-order valence-electron chi connectivity index (χ2n) is 8.02. The summed E-state index contributed by atoms with van der Waals surface area (Å²) in [6.45, 7) is 13.3. The van der Waals surface area contributed by atoms with Crippen LogP contribution in [0.5, 0.6) is 0 Å². The average molecular weight is 386 g/mol. The predicted molar refractivity (Wildman–Crippen MR) is 106 cm³/mol. The van der Waals surface area contributed by atoms with Crippen LogP contribution in [-0.2, 0) is 15.8 Å². The van der Waals surface area contributed by atoms with E-state index in [0.29, 0.717) is 6.54 Å². The summed E-state index contributed by atoms with van der Waals surface area (Å²) in [7, 11) is -1.95. The third kappa shape index (κ3) is 6.41. The molecule has 0 bridgehead atoms. The first-order valence-corrected chi connectivity index (χ1v) is 12.1. The summed E-state index contributed by atoms with van der Waals surface area (Å²) in [5, 5.41) is 10.7. The molecule has 0 radical (unpaired) electrons. The van der Waals surface area contributed by atoms with E-state index in [1.165, 1.54) is 0 Å². The van der Waals surface area contributed by atoms with Crippen LogP contribution in [-0.4, -0.2) is 48.9 Å². The van der Waals surface area contributed by atoms with Crippen LogP contribution in [0.15, 0.2) is 30.3 Å². The maximum Gasteiger partial charge on any atom is 0.238 e. The molecule has 1 aromatic rings. The first kappa shape index (κ1) is 22.2. The summed E-state index contributed by atoms with van der Waals surface area (Å²) in [6, 6.07) is 9.33. The van der Waals surface area contributed by atoms with Gasteiger partial charge in [0.05, 0.1) is 18.8 Å². The molecule has 0 aliphatic rings. The minimum absolute atomic E-state index is 0.0750. The minimum atomic E-state index is -1.95. The maximum atomic E-state index is 12.3. The van der Waals surface area contributed by atoms with E-state index in [1.54, 1.807) is 4.90 Å². The van der Waals surface area contributed by atoms with Crippen LogP contribution >= 0.6 is 11.6 Å². The Morgan fingerprint density at radius 1 is 1.28 bits per heavy atom. The molecule has 25 heavy (non-hydrogen) atoms. The molecule has 0 aliphatic carbocycles. The van der Waals surface area contributed by atoms with E-state index in [0.717, 1.165) is 5.56 Å². The number of nitrogens with zero attached hydrogens (tertiary/aromatic N) is 1. The number of hydrogen-bond donors (Lipinski definition) is 1. The molecule has 1 N–H and O–H groups in total. The third-order valence-corrected chi connectivity index (χ3v) is 9.83. The molecular weight excluding hydrogens is 354 g/mol. The fraction of sp³-hybridized carbons (Fsp3) is 0.632. The normalized spacial score (nSPS) is 14.9. The Bertz CT molecular complexity index is 545. The van der Waals surface area contributed by atoms with Gasteiger partial charge in [0.25, 0.3) is 0 Å². The molecule has 142 valence electrons. The number of amides is 1. The summed E-state index contributed by atoms with van der Waals surface area (Å²) in [5.74, 6) is -0.295. The summed E-state index contributed by atoms with van der Waals surface area (Å²) in [5.41, 5.74) is 1.00. The highest BCUT2D eigenvalue weighted by Gasteiger charge is 2.38. The highest BCUT2D eigenvalue weighted by atomic mass is 35.5. The molecule has 2 atom stereocenters. The predicted octanol–water partition coefficient (Wildman–Crippen LogP) is 4.03. The molecule has 6 heteroatoms. The zero-order valence-corrected chi connectivity index (χ0v) is 18.0. The highest BCUT2D eigenvalue weighted by Crippen LogP contribution is 2.36. The minimum Gasteiger partial charge on any atom is -0.414 e. The van der Waals surface area contributed by atoms with Crippen LogP contribution in [0.2, 0.25) is 18.1 Å². The molecule has 0 spiro atoms. The standard InChI is InChI=1S/C19H32ClNO3Si/c1-15(17(22)14-24-25(5,6)19(2,3)4)21(18(23)12-20)13-16-10-8-7-9-11-16/h7-11,15,17,22H,12-14H2,1-6H3/t15-,17+/m0/s1. The molecule has 0 aliphatic heterocycles. The highest BCUT2D eigenvalue weighted by molar-refractivity contribution is 6.74. The van der Waals surface area contributed by atoms with Gasteiger partial charge in [0.1, 0.15) is 5.88 Å². The first-order valence-electron chi connectivity index (χ1n) is 8.71. The van der Waals surface area contributed by atoms with Gasteiger partial charge in [-0.3, -0.25) is 4.79 Å². The molecule has 1 aromatic carbocycles. The van der Waals surface area contributed by atoms with E-state index in [4.69, 9.17) is 16.0 Å². The van der Waals surface area contributed by atoms with Crippen molar-refractivity contribution in [2.45, 2.75) is 64.5 Å². The van der Waals surface area contributed by atoms with Crippen molar-refractivity contribution in [1.29, 1.82) is 0 Å². The summed E-state index contributed by atoms with van der Waals surface area (Å²) < 4.78 is 6.11. The van der Waals surface area contributed by atoms with Crippen molar-refractivity contribution in [2.24, 2.45) is 0 Å². The van der Waals surface area contributed by atoms with E-state index in [1.807, 2.05) is 37.3 Å². The Labute approximate surface area is 158 Å². The Morgan fingerprint density at radius 3 is 2.32 bits per heavy atom. The Hall–Kier alpha value is -0.883. The number of carbonyl (C=O) groups excluding carboxylic acids is 1. The van der Waals surface area contributed by atoms with E-state index < -0.39 is 14.4 Å². The first-order chi connectivity index (χ1) is 11.5. The maximum absolute atomic E-state index is 12.3. The monoisotopic (exact) mass is 385 g/mol. The Kier molecular flexibility index (Phi) is 8.13. The second-order valence-corrected chi connectivity index (χ2v) is 13.1. The van der Waals surface area contributed by atoms with Gasteiger partial charge in [0.15, 0.2) is 8.32 Å². The number of benzene rings is 1. The van der Waals surface area contributed by atoms with Crippen molar-refractivity contribution in [1.82, 2.24) is 4.90 Å². The van der Waals surface area contributed by atoms with Crippen molar-refractivity contribution >= 4 is 25.8 Å². The smallest absolute Gasteiger partial charge is 0.238 e. The molecule has 1 amide bonds. The van der Waals surface area contributed by atoms with Crippen LogP contribution in [0.3, 0.4) is 0 Å². The molecule has 0 unspecified atom stereocenters. The van der Waals surface area contributed by atoms with Gasteiger partial charge in [-0.05, 0) is 30.6 Å². The van der Waals surface area contributed by atoms with Gasteiger partial charge in [0.2, 0.25) is 5.91 Å². The van der Waals surface area contributed by atoms with Gasteiger partial charge in [-0.15, -0.1) is 11.6 Å². The largest absolute Gasteiger partial charge is 0.414 e. The van der Waals surface area contributed by atoms with Crippen molar-refractivity contribution in [3.8, 4) is 0 Å². The zero-order valence-electron chi connectivity index (χ0n) is 16.3. The summed E-state index contributed by atoms with van der Waals surface area (Å²) in [4.78, 5) is 13.9. The Morgan fingerprint density at radius 2 is 1.84 bits per heavy atom. The van der Waals surface area contributed by atoms with E-state index in [2.05, 4.69) is 33.9 Å². The van der Waals surface area contributed by atoms with E-state index in [9.17, 15) is 9.90 Å². The fourth-order valence-electron chi connectivity index (χ4n) is 2.17. The number of hydrogen-bond acceptors (Lipinski definition) is 3. The number of halogens is 1. The lowest BCUT2D eigenvalue weighted by Gasteiger charge is -2.38. The number of alkyl halides is 1. The van der Waals surface area contributed by atoms with Gasteiger partial charge in [-0.2, -0.15) is 0 Å². The lowest BCUT2D eigenvalue weighted by atomic mass is 10.1. The zero-order chi connectivity index (χ0) is 19.3. The van der Waals surface area contributed by atoms with Crippen molar-refractivity contribution < 1.29 is 14.3 Å². The van der Waals surface area contributed by atoms with E-state index in [-0.39, 0.29) is 29.5 Å².